The number of aromatic nitrogens is 1. The van der Waals surface area contributed by atoms with Gasteiger partial charge in [-0.25, -0.2) is 0 Å². The van der Waals surface area contributed by atoms with Crippen molar-refractivity contribution in [1.82, 2.24) is 9.88 Å². The number of carbonyl (C=O) groups is 2. The number of aryl methyl sites for hydroxylation is 1. The highest BCUT2D eigenvalue weighted by Crippen LogP contribution is 2.29. The lowest BCUT2D eigenvalue weighted by molar-refractivity contribution is -0.111. The van der Waals surface area contributed by atoms with Gasteiger partial charge in [0.05, 0.1) is 0 Å². The van der Waals surface area contributed by atoms with E-state index in [1.165, 1.54) is 0 Å². The van der Waals surface area contributed by atoms with E-state index in [-0.39, 0.29) is 16.9 Å². The number of amides is 1. The average Bonchev–Trinajstić information content (AvgIpc) is 3.00. The van der Waals surface area contributed by atoms with Crippen LogP contribution < -0.4 is 10.9 Å². The quantitative estimate of drug-likeness (QED) is 0.898. The zero-order chi connectivity index (χ0) is 15.8. The van der Waals surface area contributed by atoms with Crippen molar-refractivity contribution in [3.63, 3.8) is 0 Å². The number of ketones is 1. The summed E-state index contributed by atoms with van der Waals surface area (Å²) < 4.78 is 1.66. The van der Waals surface area contributed by atoms with Gasteiger partial charge in [0.15, 0.2) is 5.78 Å². The molecule has 1 aliphatic rings. The Morgan fingerprint density at radius 1 is 1.38 bits per heavy atom. The zero-order valence-corrected chi connectivity index (χ0v) is 13.1. The number of hydrogen-bond acceptors (Lipinski definition) is 3. The van der Waals surface area contributed by atoms with Gasteiger partial charge in [0, 0.05) is 18.7 Å². The van der Waals surface area contributed by atoms with Crippen LogP contribution in [0.3, 0.4) is 0 Å². The van der Waals surface area contributed by atoms with Crippen LogP contribution in [0, 0.1) is 13.8 Å². The van der Waals surface area contributed by atoms with E-state index in [1.54, 1.807) is 17.6 Å². The molecule has 114 valence electrons. The molecule has 1 amide bonds. The van der Waals surface area contributed by atoms with Crippen LogP contribution in [0.5, 0.6) is 0 Å². The summed E-state index contributed by atoms with van der Waals surface area (Å²) in [6.45, 7) is 8.13. The van der Waals surface area contributed by atoms with Gasteiger partial charge >= 0.3 is 0 Å². The third-order valence-corrected chi connectivity index (χ3v) is 4.19. The molecule has 1 saturated carbocycles. The lowest BCUT2D eigenvalue weighted by atomic mass is 10.1. The fraction of sp³-hybridized carbons (Fsp3) is 0.562. The molecule has 5 nitrogen and oxygen atoms in total. The first-order valence-corrected chi connectivity index (χ1v) is 7.37. The number of hydrogen-bond donors (Lipinski definition) is 1. The third-order valence-electron chi connectivity index (χ3n) is 4.19. The second kappa shape index (κ2) is 5.47. The molecule has 2 rings (SSSR count). The predicted octanol–water partition coefficient (Wildman–Crippen LogP) is 1.73. The Morgan fingerprint density at radius 2 is 2.00 bits per heavy atom. The van der Waals surface area contributed by atoms with Gasteiger partial charge in [-0.15, -0.1) is 0 Å². The second-order valence-corrected chi connectivity index (χ2v) is 6.02. The van der Waals surface area contributed by atoms with Gasteiger partial charge in [-0.3, -0.25) is 14.4 Å². The monoisotopic (exact) mass is 290 g/mol. The van der Waals surface area contributed by atoms with Gasteiger partial charge in [-0.05, 0) is 38.8 Å². The van der Waals surface area contributed by atoms with E-state index in [0.29, 0.717) is 13.0 Å². The molecule has 1 heterocycles. The summed E-state index contributed by atoms with van der Waals surface area (Å²) in [5.41, 5.74) is 0.856. The fourth-order valence-corrected chi connectivity index (χ4v) is 2.35. The van der Waals surface area contributed by atoms with Crippen LogP contribution in [-0.4, -0.2) is 21.8 Å². The van der Waals surface area contributed by atoms with Crippen molar-refractivity contribution >= 4 is 11.7 Å². The maximum absolute atomic E-state index is 12.5. The largest absolute Gasteiger partial charge is 0.339 e. The Labute approximate surface area is 124 Å². The van der Waals surface area contributed by atoms with Crippen LogP contribution in [0.15, 0.2) is 10.9 Å². The maximum Gasteiger partial charge on any atom is 0.263 e. The van der Waals surface area contributed by atoms with Crippen LogP contribution in [0.1, 0.15) is 54.7 Å². The smallest absolute Gasteiger partial charge is 0.263 e. The lowest BCUT2D eigenvalue weighted by Gasteiger charge is -2.15. The molecule has 0 spiro atoms. The van der Waals surface area contributed by atoms with Gasteiger partial charge in [0.25, 0.3) is 11.5 Å². The Bertz CT molecular complexity index is 660. The summed E-state index contributed by atoms with van der Waals surface area (Å²) in [5, 5.41) is 2.67. The first kappa shape index (κ1) is 15.5. The van der Waals surface area contributed by atoms with E-state index in [1.807, 2.05) is 13.8 Å². The van der Waals surface area contributed by atoms with Gasteiger partial charge in [0.2, 0.25) is 0 Å². The van der Waals surface area contributed by atoms with Crippen LogP contribution in [-0.2, 0) is 11.3 Å². The summed E-state index contributed by atoms with van der Waals surface area (Å²) >= 11 is 0. The highest BCUT2D eigenvalue weighted by Gasteiger charge is 2.50. The van der Waals surface area contributed by atoms with E-state index in [9.17, 15) is 14.4 Å². The van der Waals surface area contributed by atoms with Crippen molar-refractivity contribution in [3.05, 3.63) is 33.2 Å². The topological polar surface area (TPSA) is 68.2 Å². The van der Waals surface area contributed by atoms with E-state index in [4.69, 9.17) is 0 Å². The van der Waals surface area contributed by atoms with Crippen LogP contribution >= 0.6 is 0 Å². The van der Waals surface area contributed by atoms with E-state index < -0.39 is 11.4 Å². The number of Topliss-reactive ketones (excluding diaryl/α,β-unsaturated/α-hetero) is 1. The molecule has 21 heavy (non-hydrogen) atoms. The van der Waals surface area contributed by atoms with Crippen LogP contribution in [0.25, 0.3) is 0 Å². The number of nitrogens with one attached hydrogen (secondary N) is 1. The van der Waals surface area contributed by atoms with Gasteiger partial charge in [-0.2, -0.15) is 0 Å². The molecule has 1 aromatic rings. The summed E-state index contributed by atoms with van der Waals surface area (Å²) in [7, 11) is 0. The van der Waals surface area contributed by atoms with Crippen LogP contribution in [0.2, 0.25) is 0 Å². The molecule has 1 atom stereocenters. The minimum Gasteiger partial charge on any atom is -0.339 e. The number of pyridine rings is 1. The highest BCUT2D eigenvalue weighted by atomic mass is 16.2. The van der Waals surface area contributed by atoms with Gasteiger partial charge in [-0.1, -0.05) is 13.3 Å². The molecular formula is C16H22N2O3. The van der Waals surface area contributed by atoms with E-state index in [0.717, 1.165) is 24.1 Å². The Balaban J connectivity index is 2.35. The molecule has 0 radical (unpaired) electrons. The molecule has 0 saturated heterocycles. The number of nitrogens with zero attached hydrogens (tertiary/aromatic N) is 1. The zero-order valence-electron chi connectivity index (χ0n) is 13.1. The van der Waals surface area contributed by atoms with Gasteiger partial charge < -0.3 is 9.88 Å². The van der Waals surface area contributed by atoms with Crippen molar-refractivity contribution in [2.24, 2.45) is 0 Å². The predicted molar refractivity (Wildman–Crippen MR) is 80.6 cm³/mol. The van der Waals surface area contributed by atoms with Crippen molar-refractivity contribution in [1.29, 1.82) is 0 Å². The standard InChI is InChI=1S/C16H22N2O3/c1-5-6-7-18-11(3)10(2)8-12(15(18)21)14(20)17-16(4)9-13(16)19/h8H,5-7,9H2,1-4H3,(H,17,20). The molecular weight excluding hydrogens is 268 g/mol. The minimum absolute atomic E-state index is 0.00555. The molecule has 0 aliphatic heterocycles. The highest BCUT2D eigenvalue weighted by molar-refractivity contribution is 6.09. The van der Waals surface area contributed by atoms with Crippen molar-refractivity contribution in [2.75, 3.05) is 0 Å². The van der Waals surface area contributed by atoms with E-state index >= 15 is 0 Å². The third kappa shape index (κ3) is 2.91. The molecule has 1 unspecified atom stereocenters. The average molecular weight is 290 g/mol. The number of rotatable bonds is 5. The summed E-state index contributed by atoms with van der Waals surface area (Å²) in [5.74, 6) is -0.451. The molecule has 0 bridgehead atoms. The normalized spacial score (nSPS) is 20.5. The van der Waals surface area contributed by atoms with Crippen molar-refractivity contribution in [3.8, 4) is 0 Å². The fourth-order valence-electron chi connectivity index (χ4n) is 2.35. The first-order chi connectivity index (χ1) is 9.80. The molecule has 5 heteroatoms. The lowest BCUT2D eigenvalue weighted by Crippen LogP contribution is -2.40. The Kier molecular flexibility index (Phi) is 4.03. The summed E-state index contributed by atoms with van der Waals surface area (Å²) in [4.78, 5) is 36.1. The molecule has 1 aliphatic carbocycles. The summed E-state index contributed by atoms with van der Waals surface area (Å²) in [6.07, 6.45) is 2.21. The summed E-state index contributed by atoms with van der Waals surface area (Å²) in [6, 6.07) is 1.62. The Hall–Kier alpha value is -1.91. The first-order valence-electron chi connectivity index (χ1n) is 7.37. The SMILES string of the molecule is CCCCn1c(C)c(C)cc(C(=O)NC2(C)CC2=O)c1=O. The molecule has 1 fully saturated rings. The van der Waals surface area contributed by atoms with Gasteiger partial charge in [0.1, 0.15) is 11.1 Å². The van der Waals surface area contributed by atoms with E-state index in [2.05, 4.69) is 12.2 Å². The second-order valence-electron chi connectivity index (χ2n) is 6.02. The van der Waals surface area contributed by atoms with Crippen LogP contribution in [0.4, 0.5) is 0 Å². The minimum atomic E-state index is -0.781. The number of unbranched alkanes of at least 4 members (excludes halogenated alkanes) is 1. The molecule has 0 aromatic carbocycles. The van der Waals surface area contributed by atoms with Crippen molar-refractivity contribution < 1.29 is 9.59 Å². The molecule has 1 N–H and O–H groups in total. The maximum atomic E-state index is 12.5. The Morgan fingerprint density at radius 3 is 2.52 bits per heavy atom. The number of carbonyl (C=O) groups excluding carboxylic acids is 2. The van der Waals surface area contributed by atoms with Crippen molar-refractivity contribution in [2.45, 2.75) is 59.0 Å². The molecule has 1 aromatic heterocycles.